The lowest BCUT2D eigenvalue weighted by molar-refractivity contribution is 0.190. The second-order valence-corrected chi connectivity index (χ2v) is 4.87. The minimum atomic E-state index is -0.542. The summed E-state index contributed by atoms with van der Waals surface area (Å²) in [7, 11) is 1.66. The smallest absolute Gasteiger partial charge is 0.119 e. The molecule has 0 radical (unpaired) electrons. The molecule has 0 aliphatic heterocycles. The van der Waals surface area contributed by atoms with Crippen molar-refractivity contribution in [2.75, 3.05) is 7.11 Å². The van der Waals surface area contributed by atoms with E-state index in [-0.39, 0.29) is 5.41 Å². The molecule has 1 aromatic carbocycles. The van der Waals surface area contributed by atoms with Crippen LogP contribution in [0.2, 0.25) is 0 Å². The Morgan fingerprint density at radius 1 is 1.39 bits per heavy atom. The zero-order valence-corrected chi connectivity index (χ0v) is 11.4. The van der Waals surface area contributed by atoms with Crippen LogP contribution in [0.3, 0.4) is 0 Å². The predicted octanol–water partition coefficient (Wildman–Crippen LogP) is 3.38. The van der Waals surface area contributed by atoms with Crippen LogP contribution >= 0.6 is 0 Å². The van der Waals surface area contributed by atoms with E-state index in [2.05, 4.69) is 26.1 Å². The third-order valence-corrected chi connectivity index (χ3v) is 3.30. The summed E-state index contributed by atoms with van der Waals surface area (Å²) in [5, 5.41) is 9.78. The highest BCUT2D eigenvalue weighted by molar-refractivity contribution is 5.40. The molecule has 0 amide bonds. The minimum Gasteiger partial charge on any atom is -0.497 e. The molecule has 2 unspecified atom stereocenters. The fraction of sp³-hybridized carbons (Fsp3) is 0.375. The van der Waals surface area contributed by atoms with Crippen LogP contribution < -0.4 is 4.74 Å². The van der Waals surface area contributed by atoms with E-state index in [1.165, 1.54) is 0 Å². The van der Waals surface area contributed by atoms with Crippen molar-refractivity contribution in [3.63, 3.8) is 0 Å². The van der Waals surface area contributed by atoms with Crippen LogP contribution in [0.5, 0.6) is 5.75 Å². The molecule has 1 aromatic rings. The van der Waals surface area contributed by atoms with Crippen LogP contribution in [0.15, 0.2) is 43.5 Å². The van der Waals surface area contributed by atoms with Gasteiger partial charge >= 0.3 is 0 Å². The molecule has 0 saturated carbocycles. The number of hydrogen-bond acceptors (Lipinski definition) is 2. The first-order chi connectivity index (χ1) is 8.45. The van der Waals surface area contributed by atoms with E-state index >= 15 is 0 Å². The first kappa shape index (κ1) is 14.5. The second kappa shape index (κ2) is 5.87. The number of rotatable bonds is 6. The Balaban J connectivity index is 3.18. The molecule has 98 valence electrons. The number of methoxy groups -OCH3 is 1. The van der Waals surface area contributed by atoms with Crippen molar-refractivity contribution < 1.29 is 9.84 Å². The molecule has 0 bridgehead atoms. The molecular formula is C16H22O2. The predicted molar refractivity (Wildman–Crippen MR) is 76.1 cm³/mol. The quantitative estimate of drug-likeness (QED) is 0.780. The summed E-state index contributed by atoms with van der Waals surface area (Å²) in [6.45, 7) is 11.6. The molecule has 2 atom stereocenters. The third kappa shape index (κ3) is 3.23. The summed E-state index contributed by atoms with van der Waals surface area (Å²) in [6, 6.07) is 6.07. The number of aliphatic hydroxyl groups excluding tert-OH is 1. The maximum Gasteiger partial charge on any atom is 0.119 e. The lowest BCUT2D eigenvalue weighted by Gasteiger charge is -2.28. The van der Waals surface area contributed by atoms with Gasteiger partial charge in [0, 0.05) is 5.41 Å². The summed E-state index contributed by atoms with van der Waals surface area (Å²) >= 11 is 0. The molecule has 0 fully saturated rings. The molecule has 1 N–H and O–H groups in total. The van der Waals surface area contributed by atoms with Crippen LogP contribution in [0.4, 0.5) is 0 Å². The highest BCUT2D eigenvalue weighted by Crippen LogP contribution is 2.33. The van der Waals surface area contributed by atoms with Gasteiger partial charge in [0.2, 0.25) is 0 Å². The van der Waals surface area contributed by atoms with Gasteiger partial charge in [0.05, 0.1) is 13.2 Å². The highest BCUT2D eigenvalue weighted by Gasteiger charge is 2.26. The van der Waals surface area contributed by atoms with Crippen molar-refractivity contribution in [1.29, 1.82) is 0 Å². The Hall–Kier alpha value is -1.54. The van der Waals surface area contributed by atoms with E-state index in [1.54, 1.807) is 13.2 Å². The molecule has 0 heterocycles. The standard InChI is InChI=1S/C16H22O2/c1-6-14(17)11-16(4,7-2)13-8-12(3)9-15(10-13)18-5/h6-10,14,17H,1-2,11H2,3-5H3. The Labute approximate surface area is 110 Å². The van der Waals surface area contributed by atoms with Crippen LogP contribution in [0, 0.1) is 6.92 Å². The minimum absolute atomic E-state index is 0.299. The monoisotopic (exact) mass is 246 g/mol. The zero-order chi connectivity index (χ0) is 13.8. The van der Waals surface area contributed by atoms with Gasteiger partial charge < -0.3 is 9.84 Å². The molecular weight excluding hydrogens is 224 g/mol. The van der Waals surface area contributed by atoms with Crippen LogP contribution in [0.1, 0.15) is 24.5 Å². The summed E-state index contributed by atoms with van der Waals surface area (Å²) in [5.41, 5.74) is 1.92. The van der Waals surface area contributed by atoms with E-state index in [0.717, 1.165) is 16.9 Å². The number of hydrogen-bond donors (Lipinski definition) is 1. The normalized spacial score (nSPS) is 15.6. The maximum absolute atomic E-state index is 9.78. The lowest BCUT2D eigenvalue weighted by Crippen LogP contribution is -2.24. The van der Waals surface area contributed by atoms with Crippen molar-refractivity contribution in [3.05, 3.63) is 54.6 Å². The summed E-state index contributed by atoms with van der Waals surface area (Å²) < 4.78 is 5.29. The van der Waals surface area contributed by atoms with E-state index in [4.69, 9.17) is 4.74 Å². The van der Waals surface area contributed by atoms with Crippen molar-refractivity contribution in [2.24, 2.45) is 0 Å². The first-order valence-corrected chi connectivity index (χ1v) is 6.05. The lowest BCUT2D eigenvalue weighted by atomic mass is 9.77. The van der Waals surface area contributed by atoms with Gasteiger partial charge in [0.1, 0.15) is 5.75 Å². The summed E-state index contributed by atoms with van der Waals surface area (Å²) in [6.07, 6.45) is 3.44. The van der Waals surface area contributed by atoms with Gasteiger partial charge in [-0.25, -0.2) is 0 Å². The molecule has 0 saturated heterocycles. The molecule has 18 heavy (non-hydrogen) atoms. The summed E-state index contributed by atoms with van der Waals surface area (Å²) in [4.78, 5) is 0. The van der Waals surface area contributed by atoms with Crippen molar-refractivity contribution in [3.8, 4) is 5.75 Å². The Morgan fingerprint density at radius 2 is 2.06 bits per heavy atom. The van der Waals surface area contributed by atoms with E-state index < -0.39 is 6.10 Å². The van der Waals surface area contributed by atoms with Crippen LogP contribution in [0.25, 0.3) is 0 Å². The Bertz CT molecular complexity index is 437. The average molecular weight is 246 g/mol. The topological polar surface area (TPSA) is 29.5 Å². The molecule has 0 aliphatic carbocycles. The number of aryl methyl sites for hydroxylation is 1. The van der Waals surface area contributed by atoms with Crippen LogP contribution in [-0.4, -0.2) is 18.3 Å². The van der Waals surface area contributed by atoms with Gasteiger partial charge in [-0.3, -0.25) is 0 Å². The number of benzene rings is 1. The molecule has 2 heteroatoms. The number of ether oxygens (including phenoxy) is 1. The molecule has 0 spiro atoms. The van der Waals surface area contributed by atoms with Crippen LogP contribution in [-0.2, 0) is 5.41 Å². The molecule has 0 aromatic heterocycles. The van der Waals surface area contributed by atoms with Gasteiger partial charge in [-0.05, 0) is 36.6 Å². The summed E-state index contributed by atoms with van der Waals surface area (Å²) in [5.74, 6) is 0.825. The number of allylic oxidation sites excluding steroid dienone is 1. The number of aliphatic hydroxyl groups is 1. The SMILES string of the molecule is C=CC(O)CC(C)(C=C)c1cc(C)cc(OC)c1. The van der Waals surface area contributed by atoms with E-state index in [9.17, 15) is 5.11 Å². The van der Waals surface area contributed by atoms with E-state index in [0.29, 0.717) is 6.42 Å². The zero-order valence-electron chi connectivity index (χ0n) is 11.4. The second-order valence-electron chi connectivity index (χ2n) is 4.87. The van der Waals surface area contributed by atoms with Gasteiger partial charge in [-0.2, -0.15) is 0 Å². The van der Waals surface area contributed by atoms with Gasteiger partial charge in [-0.15, -0.1) is 13.2 Å². The Morgan fingerprint density at radius 3 is 2.56 bits per heavy atom. The molecule has 0 aliphatic rings. The van der Waals surface area contributed by atoms with Gasteiger partial charge in [0.25, 0.3) is 0 Å². The maximum atomic E-state index is 9.78. The fourth-order valence-electron chi connectivity index (χ4n) is 2.03. The van der Waals surface area contributed by atoms with Crippen molar-refractivity contribution >= 4 is 0 Å². The fourth-order valence-corrected chi connectivity index (χ4v) is 2.03. The van der Waals surface area contributed by atoms with E-state index in [1.807, 2.05) is 25.1 Å². The van der Waals surface area contributed by atoms with Gasteiger partial charge in [0.15, 0.2) is 0 Å². The molecule has 2 nitrogen and oxygen atoms in total. The largest absolute Gasteiger partial charge is 0.497 e. The third-order valence-electron chi connectivity index (χ3n) is 3.30. The first-order valence-electron chi connectivity index (χ1n) is 6.05. The average Bonchev–Trinajstić information content (AvgIpc) is 2.37. The van der Waals surface area contributed by atoms with Crippen molar-refractivity contribution in [2.45, 2.75) is 31.8 Å². The van der Waals surface area contributed by atoms with Crippen molar-refractivity contribution in [1.82, 2.24) is 0 Å². The molecule has 1 rings (SSSR count). The highest BCUT2D eigenvalue weighted by atomic mass is 16.5. The van der Waals surface area contributed by atoms with Gasteiger partial charge in [-0.1, -0.05) is 25.1 Å². The Kier molecular flexibility index (Phi) is 4.74.